The van der Waals surface area contributed by atoms with Crippen molar-refractivity contribution in [2.45, 2.75) is 18.1 Å². The summed E-state index contributed by atoms with van der Waals surface area (Å²) in [6.45, 7) is 1.94. The van der Waals surface area contributed by atoms with Crippen molar-refractivity contribution in [1.29, 1.82) is 0 Å². The third kappa shape index (κ3) is 5.98. The molecule has 3 aromatic rings. The summed E-state index contributed by atoms with van der Waals surface area (Å²) >= 11 is 0. The normalized spacial score (nSPS) is 14.5. The third-order valence-corrected chi connectivity index (χ3v) is 7.15. The molecule has 7 nitrogen and oxygen atoms in total. The fourth-order valence-electron chi connectivity index (χ4n) is 3.35. The minimum atomic E-state index is -3.54. The zero-order chi connectivity index (χ0) is 23.1. The molecule has 0 bridgehead atoms. The van der Waals surface area contributed by atoms with Crippen LogP contribution in [0.1, 0.15) is 21.5 Å². The van der Waals surface area contributed by atoms with Crippen LogP contribution in [0.4, 0.5) is 0 Å². The number of rotatable bonds is 8. The third-order valence-electron chi connectivity index (χ3n) is 5.24. The van der Waals surface area contributed by atoms with E-state index in [0.29, 0.717) is 44.0 Å². The van der Waals surface area contributed by atoms with Gasteiger partial charge < -0.3 is 14.2 Å². The van der Waals surface area contributed by atoms with Crippen LogP contribution in [-0.4, -0.2) is 45.0 Å². The lowest BCUT2D eigenvalue weighted by atomic mass is 10.1. The summed E-state index contributed by atoms with van der Waals surface area (Å²) in [6, 6.07) is 22.9. The number of ether oxygens (including phenoxy) is 3. The molecule has 1 heterocycles. The first-order valence-electron chi connectivity index (χ1n) is 10.6. The topological polar surface area (TPSA) is 82.1 Å². The van der Waals surface area contributed by atoms with Crippen LogP contribution in [0, 0.1) is 0 Å². The second kappa shape index (κ2) is 10.6. The molecule has 33 heavy (non-hydrogen) atoms. The molecule has 4 rings (SSSR count). The summed E-state index contributed by atoms with van der Waals surface area (Å²) in [6.07, 6.45) is 0. The van der Waals surface area contributed by atoms with Crippen LogP contribution < -0.4 is 4.74 Å². The fraction of sp³-hybridized carbons (Fsp3) is 0.240. The minimum Gasteiger partial charge on any atom is -0.489 e. The monoisotopic (exact) mass is 467 g/mol. The summed E-state index contributed by atoms with van der Waals surface area (Å²) < 4.78 is 43.1. The molecular formula is C25H25NO6S. The Balaban J connectivity index is 1.29. The number of morpholine rings is 1. The quantitative estimate of drug-likeness (QED) is 0.471. The van der Waals surface area contributed by atoms with E-state index in [1.165, 1.54) is 16.4 Å². The average Bonchev–Trinajstić information content (AvgIpc) is 2.88. The van der Waals surface area contributed by atoms with Crippen molar-refractivity contribution < 1.29 is 27.4 Å². The van der Waals surface area contributed by atoms with E-state index >= 15 is 0 Å². The van der Waals surface area contributed by atoms with Gasteiger partial charge in [-0.3, -0.25) is 0 Å². The highest BCUT2D eigenvalue weighted by atomic mass is 32.2. The van der Waals surface area contributed by atoms with Gasteiger partial charge in [-0.15, -0.1) is 0 Å². The molecule has 172 valence electrons. The molecule has 0 N–H and O–H groups in total. The average molecular weight is 468 g/mol. The fourth-order valence-corrected chi connectivity index (χ4v) is 4.75. The molecule has 0 spiro atoms. The Labute approximate surface area is 193 Å². The van der Waals surface area contributed by atoms with E-state index < -0.39 is 16.0 Å². The highest BCUT2D eigenvalue weighted by Crippen LogP contribution is 2.18. The first-order chi connectivity index (χ1) is 16.0. The van der Waals surface area contributed by atoms with Gasteiger partial charge in [0.2, 0.25) is 10.0 Å². The molecule has 1 aliphatic rings. The predicted octanol–water partition coefficient (Wildman–Crippen LogP) is 3.64. The van der Waals surface area contributed by atoms with Crippen molar-refractivity contribution in [2.75, 3.05) is 26.3 Å². The van der Waals surface area contributed by atoms with Crippen LogP contribution in [0.25, 0.3) is 0 Å². The van der Waals surface area contributed by atoms with Gasteiger partial charge >= 0.3 is 5.97 Å². The van der Waals surface area contributed by atoms with Gasteiger partial charge in [-0.25, -0.2) is 13.2 Å². The number of para-hydroxylation sites is 1. The summed E-state index contributed by atoms with van der Waals surface area (Å²) in [5.74, 6) is 0.334. The van der Waals surface area contributed by atoms with Gasteiger partial charge in [-0.2, -0.15) is 4.31 Å². The van der Waals surface area contributed by atoms with Crippen LogP contribution in [0.5, 0.6) is 5.75 Å². The summed E-state index contributed by atoms with van der Waals surface area (Å²) in [4.78, 5) is 12.6. The summed E-state index contributed by atoms with van der Waals surface area (Å²) in [5, 5.41) is 0. The second-order valence-corrected chi connectivity index (χ2v) is 9.47. The zero-order valence-electron chi connectivity index (χ0n) is 18.1. The lowest BCUT2D eigenvalue weighted by molar-refractivity contribution is 0.0472. The maximum atomic E-state index is 12.7. The van der Waals surface area contributed by atoms with Crippen LogP contribution >= 0.6 is 0 Å². The van der Waals surface area contributed by atoms with Crippen LogP contribution in [-0.2, 0) is 32.7 Å². The number of sulfonamides is 1. The molecule has 1 aliphatic heterocycles. The number of esters is 1. The minimum absolute atomic E-state index is 0.0512. The summed E-state index contributed by atoms with van der Waals surface area (Å²) in [5.41, 5.74) is 2.08. The first kappa shape index (κ1) is 23.0. The predicted molar refractivity (Wildman–Crippen MR) is 122 cm³/mol. The van der Waals surface area contributed by atoms with Crippen molar-refractivity contribution in [3.63, 3.8) is 0 Å². The number of carbonyl (C=O) groups excluding carboxylic acids is 1. The number of benzene rings is 3. The molecule has 8 heteroatoms. The maximum Gasteiger partial charge on any atom is 0.338 e. The Morgan fingerprint density at radius 1 is 0.818 bits per heavy atom. The van der Waals surface area contributed by atoms with Crippen LogP contribution in [0.2, 0.25) is 0 Å². The van der Waals surface area contributed by atoms with Crippen molar-refractivity contribution >= 4 is 16.0 Å². The van der Waals surface area contributed by atoms with E-state index in [2.05, 4.69) is 0 Å². The number of nitrogens with zero attached hydrogens (tertiary/aromatic N) is 1. The van der Waals surface area contributed by atoms with Gasteiger partial charge in [-0.05, 0) is 47.5 Å². The van der Waals surface area contributed by atoms with Crippen molar-refractivity contribution in [3.05, 3.63) is 95.6 Å². The molecule has 0 aliphatic carbocycles. The van der Waals surface area contributed by atoms with Crippen molar-refractivity contribution in [1.82, 2.24) is 4.31 Å². The Hall–Kier alpha value is -3.20. The standard InChI is InChI=1S/C25H25NO6S/c27-25(22-10-6-20(7-11-22)18-31-23-4-2-1-3-5-23)32-19-21-8-12-24(13-9-21)33(28,29)26-14-16-30-17-15-26/h1-13H,14-19H2. The van der Waals surface area contributed by atoms with Crippen LogP contribution in [0.15, 0.2) is 83.8 Å². The molecular weight excluding hydrogens is 442 g/mol. The Morgan fingerprint density at radius 3 is 2.09 bits per heavy atom. The van der Waals surface area contributed by atoms with Gasteiger partial charge in [0.15, 0.2) is 0 Å². The van der Waals surface area contributed by atoms with Gasteiger partial charge in [0.05, 0.1) is 23.7 Å². The highest BCUT2D eigenvalue weighted by molar-refractivity contribution is 7.89. The Kier molecular flexibility index (Phi) is 7.39. The van der Waals surface area contributed by atoms with Crippen LogP contribution in [0.3, 0.4) is 0 Å². The highest BCUT2D eigenvalue weighted by Gasteiger charge is 2.26. The molecule has 3 aromatic carbocycles. The van der Waals surface area contributed by atoms with E-state index in [0.717, 1.165) is 11.3 Å². The largest absolute Gasteiger partial charge is 0.489 e. The van der Waals surface area contributed by atoms with E-state index in [9.17, 15) is 13.2 Å². The number of carbonyl (C=O) groups is 1. The molecule has 1 saturated heterocycles. The molecule has 0 atom stereocenters. The summed E-state index contributed by atoms with van der Waals surface area (Å²) in [7, 11) is -3.54. The lowest BCUT2D eigenvalue weighted by Crippen LogP contribution is -2.40. The number of hydrogen-bond acceptors (Lipinski definition) is 6. The lowest BCUT2D eigenvalue weighted by Gasteiger charge is -2.26. The molecule has 0 amide bonds. The number of hydrogen-bond donors (Lipinski definition) is 0. The van der Waals surface area contributed by atoms with E-state index in [4.69, 9.17) is 14.2 Å². The van der Waals surface area contributed by atoms with Gasteiger partial charge in [0, 0.05) is 13.1 Å². The van der Waals surface area contributed by atoms with Gasteiger partial charge in [0.25, 0.3) is 0 Å². The van der Waals surface area contributed by atoms with Gasteiger partial charge in [-0.1, -0.05) is 42.5 Å². The second-order valence-electron chi connectivity index (χ2n) is 7.54. The Morgan fingerprint density at radius 2 is 1.42 bits per heavy atom. The van der Waals surface area contributed by atoms with E-state index in [1.807, 2.05) is 42.5 Å². The smallest absolute Gasteiger partial charge is 0.338 e. The Bertz CT molecular complexity index is 1160. The van der Waals surface area contributed by atoms with Crippen molar-refractivity contribution in [3.8, 4) is 5.75 Å². The molecule has 0 saturated carbocycles. The zero-order valence-corrected chi connectivity index (χ0v) is 18.9. The first-order valence-corrected chi connectivity index (χ1v) is 12.1. The molecule has 0 radical (unpaired) electrons. The molecule has 0 unspecified atom stereocenters. The van der Waals surface area contributed by atoms with E-state index in [-0.39, 0.29) is 11.5 Å². The maximum absolute atomic E-state index is 12.7. The van der Waals surface area contributed by atoms with Crippen molar-refractivity contribution in [2.24, 2.45) is 0 Å². The molecule has 1 fully saturated rings. The SMILES string of the molecule is O=C(OCc1ccc(S(=O)(=O)N2CCOCC2)cc1)c1ccc(COc2ccccc2)cc1. The molecule has 0 aromatic heterocycles. The van der Waals surface area contributed by atoms with E-state index in [1.54, 1.807) is 24.3 Å². The van der Waals surface area contributed by atoms with Gasteiger partial charge in [0.1, 0.15) is 19.0 Å².